The van der Waals surface area contributed by atoms with E-state index in [0.717, 1.165) is 11.1 Å². The predicted molar refractivity (Wildman–Crippen MR) is 132 cm³/mol. The number of nitrogens with zero attached hydrogens (tertiary/aromatic N) is 3. The van der Waals surface area contributed by atoms with Crippen molar-refractivity contribution >= 4 is 28.6 Å². The minimum absolute atomic E-state index is 0.0599. The summed E-state index contributed by atoms with van der Waals surface area (Å²) in [6.45, 7) is -0.623. The molecule has 0 fully saturated rings. The number of hydrogen-bond acceptors (Lipinski definition) is 5. The maximum atomic E-state index is 13.3. The molecule has 0 atom stereocenters. The van der Waals surface area contributed by atoms with Crippen LogP contribution in [0.3, 0.4) is 0 Å². The van der Waals surface area contributed by atoms with Crippen LogP contribution < -0.4 is 10.3 Å². The van der Waals surface area contributed by atoms with Gasteiger partial charge in [-0.1, -0.05) is 53.7 Å². The first-order valence-corrected chi connectivity index (χ1v) is 11.8. The first-order chi connectivity index (χ1) is 16.8. The fourth-order valence-corrected chi connectivity index (χ4v) is 4.46. The average molecular weight is 496 g/mol. The fraction of sp³-hybridized carbons (Fsp3) is 0.192. The van der Waals surface area contributed by atoms with Crippen LogP contribution >= 0.6 is 11.8 Å². The van der Waals surface area contributed by atoms with Gasteiger partial charge in [-0.15, -0.1) is 0 Å². The third kappa shape index (κ3) is 5.86. The lowest BCUT2D eigenvalue weighted by atomic mass is 10.2. The molecule has 0 saturated heterocycles. The number of para-hydroxylation sites is 1. The third-order valence-electron chi connectivity index (χ3n) is 5.36. The Balaban J connectivity index is 1.53. The molecule has 180 valence electrons. The van der Waals surface area contributed by atoms with Crippen molar-refractivity contribution in [2.45, 2.75) is 25.2 Å². The maximum Gasteiger partial charge on any atom is 0.387 e. The molecule has 4 rings (SSSR count). The molecule has 0 saturated carbocycles. The van der Waals surface area contributed by atoms with Gasteiger partial charge < -0.3 is 9.64 Å². The lowest BCUT2D eigenvalue weighted by Crippen LogP contribution is -2.28. The van der Waals surface area contributed by atoms with E-state index >= 15 is 0 Å². The van der Waals surface area contributed by atoms with Gasteiger partial charge in [0.05, 0.1) is 22.3 Å². The minimum Gasteiger partial charge on any atom is -0.435 e. The number of aromatic nitrogens is 2. The molecular weight excluding hydrogens is 472 g/mol. The summed E-state index contributed by atoms with van der Waals surface area (Å²) in [6, 6.07) is 20.8. The van der Waals surface area contributed by atoms with Crippen molar-refractivity contribution in [2.75, 3.05) is 12.8 Å². The van der Waals surface area contributed by atoms with E-state index in [0.29, 0.717) is 28.3 Å². The monoisotopic (exact) mass is 495 g/mol. The zero-order valence-electron chi connectivity index (χ0n) is 19.2. The number of halogens is 2. The molecule has 0 bridgehead atoms. The average Bonchev–Trinajstić information content (AvgIpc) is 2.84. The summed E-state index contributed by atoms with van der Waals surface area (Å²) in [6.07, 6.45) is 0. The van der Waals surface area contributed by atoms with E-state index in [1.807, 2.05) is 37.3 Å². The molecular formula is C26H23F2N3O3S. The number of rotatable bonds is 8. The zero-order valence-corrected chi connectivity index (χ0v) is 20.0. The number of benzene rings is 3. The topological polar surface area (TPSA) is 64.4 Å². The number of fused-ring (bicyclic) bond motifs is 1. The number of ether oxygens (including phenoxy) is 1. The van der Waals surface area contributed by atoms with Crippen LogP contribution in [0, 0.1) is 6.92 Å². The van der Waals surface area contributed by atoms with Crippen molar-refractivity contribution in [3.63, 3.8) is 0 Å². The zero-order chi connectivity index (χ0) is 24.9. The highest BCUT2D eigenvalue weighted by atomic mass is 32.2. The maximum absolute atomic E-state index is 13.3. The molecule has 1 aromatic heterocycles. The summed E-state index contributed by atoms with van der Waals surface area (Å²) < 4.78 is 30.5. The van der Waals surface area contributed by atoms with Gasteiger partial charge in [0.15, 0.2) is 5.16 Å². The SMILES string of the molecule is Cc1ccc(-n2c(SCC(=O)N(C)Cc3ccc(OC(F)F)cc3)nc3ccccc3c2=O)cc1. The Morgan fingerprint density at radius 2 is 1.74 bits per heavy atom. The number of thioether (sulfide) groups is 1. The second kappa shape index (κ2) is 10.7. The largest absolute Gasteiger partial charge is 0.435 e. The number of aryl methyl sites for hydroxylation is 1. The number of amides is 1. The van der Waals surface area contributed by atoms with Crippen molar-refractivity contribution in [3.8, 4) is 11.4 Å². The molecule has 0 N–H and O–H groups in total. The highest BCUT2D eigenvalue weighted by Crippen LogP contribution is 2.22. The summed E-state index contributed by atoms with van der Waals surface area (Å²) in [7, 11) is 1.66. The van der Waals surface area contributed by atoms with Gasteiger partial charge in [-0.3, -0.25) is 14.2 Å². The summed E-state index contributed by atoms with van der Waals surface area (Å²) >= 11 is 1.19. The summed E-state index contributed by atoms with van der Waals surface area (Å²) in [5, 5.41) is 0.924. The predicted octanol–water partition coefficient (Wildman–Crippen LogP) is 5.05. The van der Waals surface area contributed by atoms with Crippen LogP contribution in [-0.4, -0.2) is 39.8 Å². The van der Waals surface area contributed by atoms with Gasteiger partial charge in [-0.2, -0.15) is 8.78 Å². The molecule has 1 heterocycles. The number of hydrogen-bond donors (Lipinski definition) is 0. The molecule has 0 spiro atoms. The lowest BCUT2D eigenvalue weighted by Gasteiger charge is -2.18. The van der Waals surface area contributed by atoms with E-state index in [9.17, 15) is 18.4 Å². The van der Waals surface area contributed by atoms with Crippen LogP contribution in [-0.2, 0) is 11.3 Å². The van der Waals surface area contributed by atoms with Crippen LogP contribution in [0.1, 0.15) is 11.1 Å². The molecule has 0 radical (unpaired) electrons. The van der Waals surface area contributed by atoms with Crippen molar-refractivity contribution < 1.29 is 18.3 Å². The van der Waals surface area contributed by atoms with Gasteiger partial charge in [0.1, 0.15) is 5.75 Å². The molecule has 3 aromatic carbocycles. The Morgan fingerprint density at radius 1 is 1.06 bits per heavy atom. The van der Waals surface area contributed by atoms with E-state index in [1.54, 1.807) is 37.4 Å². The van der Waals surface area contributed by atoms with Crippen LogP contribution in [0.25, 0.3) is 16.6 Å². The minimum atomic E-state index is -2.89. The lowest BCUT2D eigenvalue weighted by molar-refractivity contribution is -0.127. The first-order valence-electron chi connectivity index (χ1n) is 10.8. The molecule has 0 aliphatic carbocycles. The quantitative estimate of drug-likeness (QED) is 0.253. The first kappa shape index (κ1) is 24.4. The van der Waals surface area contributed by atoms with E-state index in [-0.39, 0.29) is 23.0 Å². The van der Waals surface area contributed by atoms with E-state index in [2.05, 4.69) is 9.72 Å². The van der Waals surface area contributed by atoms with E-state index < -0.39 is 6.61 Å². The van der Waals surface area contributed by atoms with Gasteiger partial charge in [-0.05, 0) is 48.9 Å². The molecule has 6 nitrogen and oxygen atoms in total. The van der Waals surface area contributed by atoms with Gasteiger partial charge in [-0.25, -0.2) is 4.98 Å². The highest BCUT2D eigenvalue weighted by molar-refractivity contribution is 7.99. The van der Waals surface area contributed by atoms with Gasteiger partial charge >= 0.3 is 6.61 Å². The Morgan fingerprint density at radius 3 is 2.43 bits per heavy atom. The summed E-state index contributed by atoms with van der Waals surface area (Å²) in [4.78, 5) is 32.3. The molecule has 0 aliphatic heterocycles. The van der Waals surface area contributed by atoms with Crippen LogP contribution in [0.5, 0.6) is 5.75 Å². The molecule has 4 aromatic rings. The van der Waals surface area contributed by atoms with Crippen LogP contribution in [0.15, 0.2) is 82.7 Å². The van der Waals surface area contributed by atoms with Gasteiger partial charge in [0.2, 0.25) is 5.91 Å². The van der Waals surface area contributed by atoms with E-state index in [1.165, 1.54) is 33.4 Å². The Kier molecular flexibility index (Phi) is 7.45. The smallest absolute Gasteiger partial charge is 0.387 e. The third-order valence-corrected chi connectivity index (χ3v) is 6.28. The molecule has 0 unspecified atom stereocenters. The highest BCUT2D eigenvalue weighted by Gasteiger charge is 2.17. The van der Waals surface area contributed by atoms with Crippen molar-refractivity contribution in [3.05, 3.63) is 94.3 Å². The standard InChI is InChI=1S/C26H23F2N3O3S/c1-17-7-11-19(12-8-17)31-24(33)21-5-3-4-6-22(21)29-26(31)35-16-23(32)30(2)15-18-9-13-20(14-10-18)34-25(27)28/h3-14,25H,15-16H2,1-2H3. The van der Waals surface area contributed by atoms with Crippen LogP contribution in [0.4, 0.5) is 8.78 Å². The van der Waals surface area contributed by atoms with Gasteiger partial charge in [0.25, 0.3) is 5.56 Å². The van der Waals surface area contributed by atoms with Gasteiger partial charge in [0, 0.05) is 13.6 Å². The fourth-order valence-electron chi connectivity index (χ4n) is 3.51. The van der Waals surface area contributed by atoms with E-state index in [4.69, 9.17) is 0 Å². The Bertz CT molecular complexity index is 1390. The summed E-state index contributed by atoms with van der Waals surface area (Å²) in [5.41, 5.74) is 2.88. The molecule has 1 amide bonds. The summed E-state index contributed by atoms with van der Waals surface area (Å²) in [5.74, 6) is -0.0368. The van der Waals surface area contributed by atoms with Crippen molar-refractivity contribution in [1.29, 1.82) is 0 Å². The number of alkyl halides is 2. The Labute approximate surface area is 205 Å². The number of carbonyl (C=O) groups excluding carboxylic acids is 1. The second-order valence-corrected chi connectivity index (χ2v) is 8.89. The molecule has 9 heteroatoms. The van der Waals surface area contributed by atoms with Crippen LogP contribution in [0.2, 0.25) is 0 Å². The second-order valence-electron chi connectivity index (χ2n) is 7.95. The van der Waals surface area contributed by atoms with Crippen molar-refractivity contribution in [1.82, 2.24) is 14.5 Å². The molecule has 35 heavy (non-hydrogen) atoms. The number of carbonyl (C=O) groups is 1. The Hall–Kier alpha value is -3.72. The van der Waals surface area contributed by atoms with Crippen molar-refractivity contribution in [2.24, 2.45) is 0 Å². The molecule has 0 aliphatic rings. The normalized spacial score (nSPS) is 11.1.